The van der Waals surface area contributed by atoms with Crippen LogP contribution in [0.3, 0.4) is 0 Å². The van der Waals surface area contributed by atoms with E-state index in [0.717, 1.165) is 5.56 Å². The molecule has 1 atom stereocenters. The molecule has 0 amide bonds. The monoisotopic (exact) mass is 310 g/mol. The number of benzene rings is 1. The van der Waals surface area contributed by atoms with Gasteiger partial charge in [-0.05, 0) is 40.3 Å². The molecule has 0 saturated carbocycles. The molecule has 0 aliphatic heterocycles. The standard InChI is InChI=1S/C9H11IO2S/c10-9-3-1-8(2-4-9)7-13(12)6-5-11/h1-4,11H,5-7H2/t13-/m1/s1. The first-order chi connectivity index (χ1) is 6.22. The van der Waals surface area contributed by atoms with Crippen LogP contribution in [0.15, 0.2) is 24.3 Å². The predicted molar refractivity (Wildman–Crippen MR) is 63.0 cm³/mol. The van der Waals surface area contributed by atoms with E-state index in [1.807, 2.05) is 24.3 Å². The molecule has 4 heteroatoms. The normalized spacial score (nSPS) is 12.8. The number of aliphatic hydroxyl groups is 1. The number of hydrogen-bond donors (Lipinski definition) is 1. The minimum absolute atomic E-state index is 0.00300. The zero-order chi connectivity index (χ0) is 9.68. The molecule has 72 valence electrons. The van der Waals surface area contributed by atoms with Gasteiger partial charge in [-0.1, -0.05) is 12.1 Å². The van der Waals surface area contributed by atoms with E-state index in [1.54, 1.807) is 0 Å². The molecule has 0 radical (unpaired) electrons. The van der Waals surface area contributed by atoms with Crippen molar-refractivity contribution in [1.82, 2.24) is 0 Å². The Hall–Kier alpha value is 0.0600. The molecular weight excluding hydrogens is 299 g/mol. The van der Waals surface area contributed by atoms with E-state index < -0.39 is 10.8 Å². The van der Waals surface area contributed by atoms with Gasteiger partial charge in [0.2, 0.25) is 0 Å². The van der Waals surface area contributed by atoms with Gasteiger partial charge in [0.15, 0.2) is 0 Å². The summed E-state index contributed by atoms with van der Waals surface area (Å²) in [5.41, 5.74) is 1.06. The van der Waals surface area contributed by atoms with Gasteiger partial charge in [0.05, 0.1) is 6.61 Å². The van der Waals surface area contributed by atoms with Crippen molar-refractivity contribution in [1.29, 1.82) is 0 Å². The Morgan fingerprint density at radius 3 is 2.46 bits per heavy atom. The number of aliphatic hydroxyl groups excluding tert-OH is 1. The van der Waals surface area contributed by atoms with Crippen LogP contribution in [0.25, 0.3) is 0 Å². The average Bonchev–Trinajstić information content (AvgIpc) is 2.09. The fourth-order valence-electron chi connectivity index (χ4n) is 0.941. The highest BCUT2D eigenvalue weighted by atomic mass is 127. The van der Waals surface area contributed by atoms with Crippen molar-refractivity contribution in [2.24, 2.45) is 0 Å². The van der Waals surface area contributed by atoms with E-state index in [0.29, 0.717) is 11.5 Å². The highest BCUT2D eigenvalue weighted by molar-refractivity contribution is 14.1. The Morgan fingerprint density at radius 2 is 1.92 bits per heavy atom. The van der Waals surface area contributed by atoms with E-state index in [9.17, 15) is 4.21 Å². The van der Waals surface area contributed by atoms with Crippen LogP contribution in [0.4, 0.5) is 0 Å². The molecule has 1 aromatic rings. The molecule has 0 unspecified atom stereocenters. The minimum atomic E-state index is -0.930. The van der Waals surface area contributed by atoms with Crippen LogP contribution in [0.2, 0.25) is 0 Å². The van der Waals surface area contributed by atoms with E-state index in [4.69, 9.17) is 5.11 Å². The first-order valence-corrected chi connectivity index (χ1v) is 6.49. The third-order valence-electron chi connectivity index (χ3n) is 1.56. The second-order valence-electron chi connectivity index (χ2n) is 2.64. The minimum Gasteiger partial charge on any atom is -0.395 e. The summed E-state index contributed by atoms with van der Waals surface area (Å²) in [4.78, 5) is 0. The van der Waals surface area contributed by atoms with Gasteiger partial charge < -0.3 is 5.11 Å². The fourth-order valence-corrected chi connectivity index (χ4v) is 2.21. The molecule has 1 rings (SSSR count). The first kappa shape index (κ1) is 11.1. The summed E-state index contributed by atoms with van der Waals surface area (Å²) in [7, 11) is -0.930. The van der Waals surface area contributed by atoms with Gasteiger partial charge in [-0.3, -0.25) is 4.21 Å². The summed E-state index contributed by atoms with van der Waals surface area (Å²) >= 11 is 2.23. The van der Waals surface area contributed by atoms with Crippen LogP contribution in [-0.2, 0) is 16.6 Å². The lowest BCUT2D eigenvalue weighted by molar-refractivity contribution is 0.321. The zero-order valence-electron chi connectivity index (χ0n) is 7.07. The van der Waals surface area contributed by atoms with Crippen molar-refractivity contribution in [3.05, 3.63) is 33.4 Å². The summed E-state index contributed by atoms with van der Waals surface area (Å²) in [6.07, 6.45) is 0. The Kier molecular flexibility index (Phi) is 4.90. The van der Waals surface area contributed by atoms with Crippen molar-refractivity contribution in [3.63, 3.8) is 0 Å². The van der Waals surface area contributed by atoms with Gasteiger partial charge in [0.1, 0.15) is 0 Å². The third-order valence-corrected chi connectivity index (χ3v) is 3.57. The van der Waals surface area contributed by atoms with Crippen LogP contribution in [0, 0.1) is 3.57 Å². The quantitative estimate of drug-likeness (QED) is 0.857. The van der Waals surface area contributed by atoms with Crippen LogP contribution < -0.4 is 0 Å². The van der Waals surface area contributed by atoms with Gasteiger partial charge in [-0.2, -0.15) is 0 Å². The number of halogens is 1. The lowest BCUT2D eigenvalue weighted by Crippen LogP contribution is -2.04. The molecule has 0 bridgehead atoms. The van der Waals surface area contributed by atoms with Crippen molar-refractivity contribution in [3.8, 4) is 0 Å². The molecule has 0 spiro atoms. The van der Waals surface area contributed by atoms with Gasteiger partial charge >= 0.3 is 0 Å². The first-order valence-electron chi connectivity index (χ1n) is 3.92. The molecule has 0 fully saturated rings. The zero-order valence-corrected chi connectivity index (χ0v) is 10.0. The Balaban J connectivity index is 2.54. The summed E-state index contributed by atoms with van der Waals surface area (Å²) in [5.74, 6) is 0.906. The molecule has 0 heterocycles. The van der Waals surface area contributed by atoms with Crippen LogP contribution >= 0.6 is 22.6 Å². The Morgan fingerprint density at radius 1 is 1.31 bits per heavy atom. The SMILES string of the molecule is O=[S@](CCO)Cc1ccc(I)cc1. The second-order valence-corrected chi connectivity index (χ2v) is 5.46. The van der Waals surface area contributed by atoms with Crippen molar-refractivity contribution in [2.75, 3.05) is 12.4 Å². The summed E-state index contributed by atoms with van der Waals surface area (Å²) in [6.45, 7) is -0.00300. The predicted octanol–water partition coefficient (Wildman–Crippen LogP) is 1.53. The lowest BCUT2D eigenvalue weighted by atomic mass is 10.2. The third kappa shape index (κ3) is 4.19. The molecule has 2 nitrogen and oxygen atoms in total. The number of hydrogen-bond acceptors (Lipinski definition) is 2. The highest BCUT2D eigenvalue weighted by Gasteiger charge is 2.00. The van der Waals surface area contributed by atoms with Gasteiger partial charge in [-0.15, -0.1) is 0 Å². The average molecular weight is 310 g/mol. The van der Waals surface area contributed by atoms with E-state index >= 15 is 0 Å². The molecule has 0 aliphatic carbocycles. The number of rotatable bonds is 4. The van der Waals surface area contributed by atoms with E-state index in [-0.39, 0.29) is 6.61 Å². The van der Waals surface area contributed by atoms with Crippen LogP contribution in [-0.4, -0.2) is 21.7 Å². The topological polar surface area (TPSA) is 37.3 Å². The maximum absolute atomic E-state index is 11.2. The van der Waals surface area contributed by atoms with Gasteiger partial charge in [-0.25, -0.2) is 0 Å². The van der Waals surface area contributed by atoms with Gasteiger partial charge in [0.25, 0.3) is 0 Å². The maximum Gasteiger partial charge on any atom is 0.0546 e. The molecule has 0 aromatic heterocycles. The fraction of sp³-hybridized carbons (Fsp3) is 0.333. The van der Waals surface area contributed by atoms with Crippen molar-refractivity contribution in [2.45, 2.75) is 5.75 Å². The molecule has 13 heavy (non-hydrogen) atoms. The van der Waals surface area contributed by atoms with Crippen LogP contribution in [0.5, 0.6) is 0 Å². The molecule has 0 saturated heterocycles. The highest BCUT2D eigenvalue weighted by Crippen LogP contribution is 2.08. The summed E-state index contributed by atoms with van der Waals surface area (Å²) in [6, 6.07) is 7.92. The largest absolute Gasteiger partial charge is 0.395 e. The summed E-state index contributed by atoms with van der Waals surface area (Å²) < 4.78 is 12.4. The van der Waals surface area contributed by atoms with Gasteiger partial charge in [0, 0.05) is 25.9 Å². The van der Waals surface area contributed by atoms with E-state index in [1.165, 1.54) is 3.57 Å². The molecular formula is C9H11IO2S. The van der Waals surface area contributed by atoms with E-state index in [2.05, 4.69) is 22.6 Å². The maximum atomic E-state index is 11.2. The summed E-state index contributed by atoms with van der Waals surface area (Å²) in [5, 5.41) is 8.56. The van der Waals surface area contributed by atoms with Crippen molar-refractivity contribution >= 4 is 33.4 Å². The molecule has 0 aliphatic rings. The molecule has 1 N–H and O–H groups in total. The lowest BCUT2D eigenvalue weighted by Gasteiger charge is -2.00. The van der Waals surface area contributed by atoms with Crippen molar-refractivity contribution < 1.29 is 9.32 Å². The Labute approximate surface area is 94.0 Å². The molecule has 1 aromatic carbocycles. The second kappa shape index (κ2) is 5.72. The Bertz CT molecular complexity index is 284. The van der Waals surface area contributed by atoms with Crippen LogP contribution in [0.1, 0.15) is 5.56 Å². The smallest absolute Gasteiger partial charge is 0.0546 e.